The molecule has 3 aromatic rings. The molecule has 0 bridgehead atoms. The lowest BCUT2D eigenvalue weighted by atomic mass is 10.1. The van der Waals surface area contributed by atoms with Gasteiger partial charge in [-0.2, -0.15) is 0 Å². The average Bonchev–Trinajstić information content (AvgIpc) is 2.93. The maximum atomic E-state index is 9.07. The fraction of sp³-hybridized carbons (Fsp3) is 0.211. The van der Waals surface area contributed by atoms with E-state index in [1.54, 1.807) is 18.5 Å². The molecule has 0 radical (unpaired) electrons. The van der Waals surface area contributed by atoms with Gasteiger partial charge >= 0.3 is 0 Å². The Morgan fingerprint density at radius 1 is 1.26 bits per heavy atom. The van der Waals surface area contributed by atoms with Crippen LogP contribution in [0.1, 0.15) is 36.8 Å². The highest BCUT2D eigenvalue weighted by Gasteiger charge is 2.20. The molecule has 140 valence electrons. The van der Waals surface area contributed by atoms with Gasteiger partial charge in [0.25, 0.3) is 0 Å². The minimum atomic E-state index is 0.183. The number of rotatable bonds is 6. The summed E-state index contributed by atoms with van der Waals surface area (Å²) < 4.78 is 2.01. The van der Waals surface area contributed by atoms with Gasteiger partial charge in [-0.25, -0.2) is 4.98 Å². The van der Waals surface area contributed by atoms with Gasteiger partial charge in [0.2, 0.25) is 0 Å². The molecule has 0 saturated carbocycles. The predicted octanol–water partition coefficient (Wildman–Crippen LogP) is 5.72. The SMILES string of the molecule is CC(C)c1nc(C=NO)n(Cc2cccnc2)c1Sc1cc(Cl)cc(Cl)c1. The summed E-state index contributed by atoms with van der Waals surface area (Å²) in [5, 5.41) is 14.4. The quantitative estimate of drug-likeness (QED) is 0.314. The van der Waals surface area contributed by atoms with Gasteiger partial charge in [0.15, 0.2) is 5.82 Å². The molecule has 2 heterocycles. The molecule has 0 amide bonds. The zero-order valence-electron chi connectivity index (χ0n) is 14.8. The van der Waals surface area contributed by atoms with Crippen molar-refractivity contribution in [1.82, 2.24) is 14.5 Å². The van der Waals surface area contributed by atoms with Crippen LogP contribution in [0.3, 0.4) is 0 Å². The molecule has 0 unspecified atom stereocenters. The Labute approximate surface area is 172 Å². The second-order valence-corrected chi connectivity index (χ2v) is 8.15. The third-order valence-corrected chi connectivity index (χ3v) is 5.34. The predicted molar refractivity (Wildman–Crippen MR) is 110 cm³/mol. The maximum Gasteiger partial charge on any atom is 0.156 e. The summed E-state index contributed by atoms with van der Waals surface area (Å²) in [5.41, 5.74) is 1.93. The van der Waals surface area contributed by atoms with Crippen molar-refractivity contribution in [3.63, 3.8) is 0 Å². The van der Waals surface area contributed by atoms with E-state index in [4.69, 9.17) is 28.4 Å². The second-order valence-electron chi connectivity index (χ2n) is 6.21. The van der Waals surface area contributed by atoms with Crippen molar-refractivity contribution in [2.75, 3.05) is 0 Å². The third-order valence-electron chi connectivity index (χ3n) is 3.81. The Morgan fingerprint density at radius 3 is 2.59 bits per heavy atom. The van der Waals surface area contributed by atoms with E-state index in [-0.39, 0.29) is 5.92 Å². The van der Waals surface area contributed by atoms with Gasteiger partial charge in [-0.1, -0.05) is 60.0 Å². The van der Waals surface area contributed by atoms with Crippen LogP contribution in [0.2, 0.25) is 10.0 Å². The van der Waals surface area contributed by atoms with E-state index in [1.807, 2.05) is 28.8 Å². The molecule has 5 nitrogen and oxygen atoms in total. The molecule has 1 N–H and O–H groups in total. The van der Waals surface area contributed by atoms with Crippen LogP contribution in [0, 0.1) is 0 Å². The van der Waals surface area contributed by atoms with Crippen LogP contribution >= 0.6 is 35.0 Å². The zero-order valence-corrected chi connectivity index (χ0v) is 17.1. The van der Waals surface area contributed by atoms with E-state index in [2.05, 4.69) is 29.0 Å². The summed E-state index contributed by atoms with van der Waals surface area (Å²) in [7, 11) is 0. The van der Waals surface area contributed by atoms with Crippen molar-refractivity contribution in [1.29, 1.82) is 0 Å². The van der Waals surface area contributed by atoms with Crippen molar-refractivity contribution in [3.05, 3.63) is 69.9 Å². The average molecular weight is 421 g/mol. The topological polar surface area (TPSA) is 63.3 Å². The van der Waals surface area contributed by atoms with Gasteiger partial charge in [0.05, 0.1) is 12.2 Å². The smallest absolute Gasteiger partial charge is 0.156 e. The molecule has 0 fully saturated rings. The van der Waals surface area contributed by atoms with Gasteiger partial charge in [0.1, 0.15) is 11.2 Å². The lowest BCUT2D eigenvalue weighted by molar-refractivity contribution is 0.321. The number of nitrogens with zero attached hydrogens (tertiary/aromatic N) is 4. The van der Waals surface area contributed by atoms with Gasteiger partial charge < -0.3 is 9.77 Å². The molecule has 0 saturated heterocycles. The maximum absolute atomic E-state index is 9.07. The zero-order chi connectivity index (χ0) is 19.4. The molecule has 0 aliphatic carbocycles. The van der Waals surface area contributed by atoms with Crippen LogP contribution in [0.4, 0.5) is 0 Å². The van der Waals surface area contributed by atoms with Gasteiger partial charge in [-0.3, -0.25) is 4.98 Å². The first-order valence-electron chi connectivity index (χ1n) is 8.28. The normalized spacial score (nSPS) is 11.6. The molecule has 8 heteroatoms. The standard InChI is InChI=1S/C19H18Cl2N4OS/c1-12(2)18-19(27-16-7-14(20)6-15(21)8-16)25(17(24-18)10-23-26)11-13-4-3-5-22-9-13/h3-10,12,26H,11H2,1-2H3. The number of imidazole rings is 1. The Balaban J connectivity index is 2.10. The number of aromatic nitrogens is 3. The van der Waals surface area contributed by atoms with E-state index < -0.39 is 0 Å². The van der Waals surface area contributed by atoms with Crippen molar-refractivity contribution in [2.45, 2.75) is 36.2 Å². The first-order valence-corrected chi connectivity index (χ1v) is 9.86. The highest BCUT2D eigenvalue weighted by Crippen LogP contribution is 2.37. The van der Waals surface area contributed by atoms with Crippen molar-refractivity contribution in [3.8, 4) is 0 Å². The van der Waals surface area contributed by atoms with Gasteiger partial charge in [0, 0.05) is 27.3 Å². The van der Waals surface area contributed by atoms with Crippen LogP contribution in [-0.4, -0.2) is 26.0 Å². The van der Waals surface area contributed by atoms with E-state index in [1.165, 1.54) is 18.0 Å². The fourth-order valence-electron chi connectivity index (χ4n) is 2.63. The Hall–Kier alpha value is -2.02. The summed E-state index contributed by atoms with van der Waals surface area (Å²) >= 11 is 13.9. The summed E-state index contributed by atoms with van der Waals surface area (Å²) in [5.74, 6) is 0.754. The summed E-state index contributed by atoms with van der Waals surface area (Å²) in [6, 6.07) is 9.31. The third kappa shape index (κ3) is 4.83. The summed E-state index contributed by atoms with van der Waals surface area (Å²) in [4.78, 5) is 9.77. The minimum absolute atomic E-state index is 0.183. The molecule has 3 rings (SSSR count). The number of pyridine rings is 1. The molecule has 0 spiro atoms. The number of hydrogen-bond acceptors (Lipinski definition) is 5. The lowest BCUT2D eigenvalue weighted by Crippen LogP contribution is -2.06. The van der Waals surface area contributed by atoms with Crippen LogP contribution in [-0.2, 0) is 6.54 Å². The molecule has 0 aliphatic rings. The highest BCUT2D eigenvalue weighted by atomic mass is 35.5. The van der Waals surface area contributed by atoms with Gasteiger partial charge in [-0.05, 0) is 35.7 Å². The Morgan fingerprint density at radius 2 is 2.00 bits per heavy atom. The molecular weight excluding hydrogens is 403 g/mol. The van der Waals surface area contributed by atoms with E-state index in [9.17, 15) is 0 Å². The molecule has 2 aromatic heterocycles. The number of oxime groups is 1. The monoisotopic (exact) mass is 420 g/mol. The number of halogens is 2. The summed E-state index contributed by atoms with van der Waals surface area (Å²) in [6.45, 7) is 4.70. The first kappa shape index (κ1) is 19.7. The Kier molecular flexibility index (Phi) is 6.42. The lowest BCUT2D eigenvalue weighted by Gasteiger charge is -2.13. The van der Waals surface area contributed by atoms with Crippen LogP contribution in [0.5, 0.6) is 0 Å². The highest BCUT2D eigenvalue weighted by molar-refractivity contribution is 7.99. The van der Waals surface area contributed by atoms with E-state index in [0.29, 0.717) is 22.4 Å². The van der Waals surface area contributed by atoms with Crippen molar-refractivity contribution >= 4 is 41.2 Å². The second kappa shape index (κ2) is 8.78. The number of benzene rings is 1. The van der Waals surface area contributed by atoms with Crippen LogP contribution in [0.25, 0.3) is 0 Å². The molecule has 0 atom stereocenters. The number of hydrogen-bond donors (Lipinski definition) is 1. The molecule has 1 aromatic carbocycles. The first-order chi connectivity index (χ1) is 13.0. The van der Waals surface area contributed by atoms with Crippen molar-refractivity contribution in [2.24, 2.45) is 5.16 Å². The molecule has 0 aliphatic heterocycles. The largest absolute Gasteiger partial charge is 0.411 e. The molecular formula is C19H18Cl2N4OS. The van der Waals surface area contributed by atoms with Crippen LogP contribution < -0.4 is 0 Å². The van der Waals surface area contributed by atoms with E-state index in [0.717, 1.165) is 21.2 Å². The Bertz CT molecular complexity index is 938. The minimum Gasteiger partial charge on any atom is -0.411 e. The van der Waals surface area contributed by atoms with E-state index >= 15 is 0 Å². The molecule has 27 heavy (non-hydrogen) atoms. The fourth-order valence-corrected chi connectivity index (χ4v) is 4.54. The van der Waals surface area contributed by atoms with Crippen molar-refractivity contribution < 1.29 is 5.21 Å². The van der Waals surface area contributed by atoms with Gasteiger partial charge in [-0.15, -0.1) is 0 Å². The van der Waals surface area contributed by atoms with Crippen LogP contribution in [0.15, 0.2) is 57.8 Å². The summed E-state index contributed by atoms with van der Waals surface area (Å²) in [6.07, 6.45) is 4.88.